The Morgan fingerprint density at radius 2 is 1.31 bits per heavy atom. The van der Waals surface area contributed by atoms with E-state index in [1.54, 1.807) is 13.0 Å². The van der Waals surface area contributed by atoms with Crippen LogP contribution >= 0.6 is 0 Å². The number of esters is 1. The zero-order valence-corrected chi connectivity index (χ0v) is 33.8. The van der Waals surface area contributed by atoms with Gasteiger partial charge in [0.25, 0.3) is 0 Å². The Bertz CT molecular complexity index is 1550. The van der Waals surface area contributed by atoms with Crippen LogP contribution in [0.2, 0.25) is 0 Å². The molecule has 23 unspecified atom stereocenters. The van der Waals surface area contributed by atoms with E-state index in [9.17, 15) is 55.9 Å². The standard InChI is InChI=1S/C41H64O18/c1-17-27(45)34(58-36-32(50)30(48)28(46)24(14-42)56-36)35(59-37-33(51)31(49)29(47)25(15-43)57-37)38(54-17)55-20-6-9-39(2)19(13-20)4-5-23-22(39)7-10-40(3)21(8-11-41(23,40)52)18-12-26(44)53-16-18/h12,17,19-25,27-38,42-43,45-52H,4-11,13-16H2,1-3H3. The summed E-state index contributed by atoms with van der Waals surface area (Å²) in [4.78, 5) is 12.0. The number of hydrogen-bond donors (Lipinski definition) is 10. The van der Waals surface area contributed by atoms with Crippen LogP contribution < -0.4 is 0 Å². The van der Waals surface area contributed by atoms with Gasteiger partial charge in [-0.3, -0.25) is 0 Å². The van der Waals surface area contributed by atoms with Crippen LogP contribution in [0.5, 0.6) is 0 Å². The average Bonchev–Trinajstić information content (AvgIpc) is 3.76. The third kappa shape index (κ3) is 7.33. The minimum Gasteiger partial charge on any atom is -0.458 e. The fourth-order valence-corrected chi connectivity index (χ4v) is 12.7. The van der Waals surface area contributed by atoms with Gasteiger partial charge in [-0.05, 0) is 99.4 Å². The molecule has 0 bridgehead atoms. The molecule has 8 aliphatic rings. The first-order chi connectivity index (χ1) is 27.9. The molecule has 4 aliphatic heterocycles. The average molecular weight is 845 g/mol. The van der Waals surface area contributed by atoms with Gasteiger partial charge in [0.1, 0.15) is 73.8 Å². The van der Waals surface area contributed by atoms with Crippen molar-refractivity contribution >= 4 is 5.97 Å². The number of cyclic esters (lactones) is 1. The van der Waals surface area contributed by atoms with Crippen molar-refractivity contribution in [1.82, 2.24) is 0 Å². The number of aliphatic hydroxyl groups excluding tert-OH is 9. The Hall–Kier alpha value is -1.43. The molecule has 0 aromatic carbocycles. The number of carbonyl (C=O) groups is 1. The molecule has 0 aromatic rings. The molecule has 18 heteroatoms. The van der Waals surface area contributed by atoms with Crippen LogP contribution in [0.3, 0.4) is 0 Å². The summed E-state index contributed by atoms with van der Waals surface area (Å²) >= 11 is 0. The van der Waals surface area contributed by atoms with Crippen molar-refractivity contribution in [3.63, 3.8) is 0 Å². The van der Waals surface area contributed by atoms with Gasteiger partial charge in [-0.15, -0.1) is 0 Å². The number of ether oxygens (including phenoxy) is 7. The molecule has 0 radical (unpaired) electrons. The highest BCUT2D eigenvalue weighted by Crippen LogP contribution is 2.70. The first kappa shape index (κ1) is 44.2. The summed E-state index contributed by atoms with van der Waals surface area (Å²) in [5.74, 6) is 0.387. The summed E-state index contributed by atoms with van der Waals surface area (Å²) in [6.45, 7) is 4.93. The van der Waals surface area contributed by atoms with Gasteiger partial charge in [0, 0.05) is 11.5 Å². The van der Waals surface area contributed by atoms with E-state index in [4.69, 9.17) is 33.2 Å². The van der Waals surface area contributed by atoms with E-state index in [1.807, 2.05) is 0 Å². The maximum atomic E-state index is 12.7. The lowest BCUT2D eigenvalue weighted by Gasteiger charge is -2.64. The van der Waals surface area contributed by atoms with Gasteiger partial charge in [-0.25, -0.2) is 4.79 Å². The van der Waals surface area contributed by atoms with Crippen molar-refractivity contribution in [1.29, 1.82) is 0 Å². The maximum Gasteiger partial charge on any atom is 0.331 e. The molecule has 23 atom stereocenters. The highest BCUT2D eigenvalue weighted by atomic mass is 16.8. The first-order valence-electron chi connectivity index (χ1n) is 21.5. The Kier molecular flexibility index (Phi) is 12.4. The second-order valence-electron chi connectivity index (χ2n) is 19.1. The number of hydrogen-bond acceptors (Lipinski definition) is 18. The van der Waals surface area contributed by atoms with Crippen molar-refractivity contribution in [2.24, 2.45) is 34.5 Å². The van der Waals surface area contributed by atoms with E-state index in [1.165, 1.54) is 0 Å². The Morgan fingerprint density at radius 3 is 1.90 bits per heavy atom. The molecule has 0 amide bonds. The van der Waals surface area contributed by atoms with Gasteiger partial charge >= 0.3 is 5.97 Å². The molecule has 8 rings (SSSR count). The summed E-state index contributed by atoms with van der Waals surface area (Å²) in [5, 5.41) is 108. The number of fused-ring (bicyclic) bond motifs is 5. The third-order valence-electron chi connectivity index (χ3n) is 16.3. The van der Waals surface area contributed by atoms with Gasteiger partial charge in [0.2, 0.25) is 0 Å². The molecule has 3 saturated heterocycles. The summed E-state index contributed by atoms with van der Waals surface area (Å²) < 4.78 is 41.8. The van der Waals surface area contributed by atoms with Gasteiger partial charge in [-0.2, -0.15) is 0 Å². The monoisotopic (exact) mass is 844 g/mol. The molecular weight excluding hydrogens is 780 g/mol. The van der Waals surface area contributed by atoms with Crippen molar-refractivity contribution < 1.29 is 89.0 Å². The minimum absolute atomic E-state index is 0.0950. The summed E-state index contributed by atoms with van der Waals surface area (Å²) in [6.07, 6.45) is -15.1. The molecular formula is C41H64O18. The largest absolute Gasteiger partial charge is 0.458 e. The van der Waals surface area contributed by atoms with E-state index >= 15 is 0 Å². The molecule has 59 heavy (non-hydrogen) atoms. The summed E-state index contributed by atoms with van der Waals surface area (Å²) in [5.41, 5.74) is -0.333. The third-order valence-corrected chi connectivity index (χ3v) is 16.3. The van der Waals surface area contributed by atoms with Crippen LogP contribution in [0.25, 0.3) is 0 Å². The normalized spacial score (nSPS) is 55.1. The maximum absolute atomic E-state index is 12.7. The zero-order chi connectivity index (χ0) is 42.3. The van der Waals surface area contributed by atoms with E-state index in [0.717, 1.165) is 44.1 Å². The smallest absolute Gasteiger partial charge is 0.331 e. The van der Waals surface area contributed by atoms with Crippen LogP contribution in [0.15, 0.2) is 11.6 Å². The summed E-state index contributed by atoms with van der Waals surface area (Å²) in [7, 11) is 0. The highest BCUT2D eigenvalue weighted by molar-refractivity contribution is 5.85. The summed E-state index contributed by atoms with van der Waals surface area (Å²) in [6, 6.07) is 0. The predicted molar refractivity (Wildman–Crippen MR) is 198 cm³/mol. The topological polar surface area (TPSA) is 284 Å². The Morgan fingerprint density at radius 1 is 0.678 bits per heavy atom. The van der Waals surface area contributed by atoms with Crippen LogP contribution in [0, 0.1) is 34.5 Å². The zero-order valence-electron chi connectivity index (χ0n) is 33.8. The molecule has 4 heterocycles. The fourth-order valence-electron chi connectivity index (χ4n) is 12.7. The highest BCUT2D eigenvalue weighted by Gasteiger charge is 2.68. The Labute approximate surface area is 342 Å². The number of carbonyl (C=O) groups excluding carboxylic acids is 1. The second-order valence-corrected chi connectivity index (χ2v) is 19.1. The fraction of sp³-hybridized carbons (Fsp3) is 0.927. The lowest BCUT2D eigenvalue weighted by molar-refractivity contribution is -0.394. The molecule has 4 saturated carbocycles. The second kappa shape index (κ2) is 16.6. The number of rotatable bonds is 9. The predicted octanol–water partition coefficient (Wildman–Crippen LogP) is -1.90. The van der Waals surface area contributed by atoms with Gasteiger partial charge in [0.15, 0.2) is 18.9 Å². The van der Waals surface area contributed by atoms with Crippen LogP contribution in [0.4, 0.5) is 0 Å². The van der Waals surface area contributed by atoms with Gasteiger partial charge in [0.05, 0.1) is 31.0 Å². The quantitative estimate of drug-likeness (QED) is 0.0897. The molecule has 7 fully saturated rings. The molecule has 10 N–H and O–H groups in total. The molecule has 336 valence electrons. The van der Waals surface area contributed by atoms with Crippen molar-refractivity contribution in [3.05, 3.63) is 11.6 Å². The molecule has 18 nitrogen and oxygen atoms in total. The van der Waals surface area contributed by atoms with Crippen molar-refractivity contribution in [2.45, 2.75) is 182 Å². The number of aliphatic hydroxyl groups is 10. The van der Waals surface area contributed by atoms with Crippen LogP contribution in [0.1, 0.15) is 78.6 Å². The van der Waals surface area contributed by atoms with Crippen molar-refractivity contribution in [3.8, 4) is 0 Å². The minimum atomic E-state index is -1.84. The van der Waals surface area contributed by atoms with E-state index < -0.39 is 111 Å². The van der Waals surface area contributed by atoms with Gasteiger partial charge < -0.3 is 84.2 Å². The van der Waals surface area contributed by atoms with E-state index in [-0.39, 0.29) is 46.6 Å². The lowest BCUT2D eigenvalue weighted by atomic mass is 9.43. The van der Waals surface area contributed by atoms with Crippen molar-refractivity contribution in [2.75, 3.05) is 19.8 Å². The Balaban J connectivity index is 1.01. The van der Waals surface area contributed by atoms with Crippen LogP contribution in [-0.4, -0.2) is 181 Å². The molecule has 4 aliphatic carbocycles. The first-order valence-corrected chi connectivity index (χ1v) is 21.5. The van der Waals surface area contributed by atoms with E-state index in [0.29, 0.717) is 25.9 Å². The van der Waals surface area contributed by atoms with Gasteiger partial charge in [-0.1, -0.05) is 13.8 Å². The lowest BCUT2D eigenvalue weighted by Crippen LogP contribution is -2.67. The van der Waals surface area contributed by atoms with Crippen LogP contribution in [-0.2, 0) is 38.0 Å². The van der Waals surface area contributed by atoms with E-state index in [2.05, 4.69) is 13.8 Å². The molecule has 0 spiro atoms. The SMILES string of the molecule is CC1OC(OC2CCC3(C)C(CCC4C3CCC3(C)C(C5=CC(=O)OC5)CCC43O)C2)C(OC2OC(CO)C(O)C(O)C2O)C(OC2OC(CO)C(O)C(O)C2O)C1O. The molecule has 0 aromatic heterocycles.